The van der Waals surface area contributed by atoms with Gasteiger partial charge in [0.15, 0.2) is 0 Å². The molecule has 1 radical (unpaired) electrons. The second-order valence-electron chi connectivity index (χ2n) is 3.59. The molecule has 0 heterocycles. The van der Waals surface area contributed by atoms with E-state index in [1.165, 1.54) is 24.9 Å². The Morgan fingerprint density at radius 1 is 1.14 bits per heavy atom. The van der Waals surface area contributed by atoms with Gasteiger partial charge < -0.3 is 4.90 Å². The summed E-state index contributed by atoms with van der Waals surface area (Å²) in [4.78, 5) is 2.42. The lowest BCUT2D eigenvalue weighted by molar-refractivity contribution is 0.704. The van der Waals surface area contributed by atoms with Gasteiger partial charge >= 0.3 is 0 Å². The average molecular weight is 190 g/mol. The second-order valence-corrected chi connectivity index (χ2v) is 3.59. The van der Waals surface area contributed by atoms with Crippen LogP contribution in [0, 0.1) is 6.07 Å². The van der Waals surface area contributed by atoms with Gasteiger partial charge in [-0.05, 0) is 18.9 Å². The van der Waals surface area contributed by atoms with E-state index < -0.39 is 0 Å². The van der Waals surface area contributed by atoms with Crippen molar-refractivity contribution in [2.45, 2.75) is 33.1 Å². The third kappa shape index (κ3) is 3.41. The number of para-hydroxylation sites is 1. The molecular formula is C13H20N. The Balaban J connectivity index is 2.58. The fourth-order valence-corrected chi connectivity index (χ4v) is 1.55. The van der Waals surface area contributed by atoms with Gasteiger partial charge in [0, 0.05) is 24.8 Å². The predicted molar refractivity (Wildman–Crippen MR) is 62.7 cm³/mol. The van der Waals surface area contributed by atoms with Crippen LogP contribution in [0.5, 0.6) is 0 Å². The highest BCUT2D eigenvalue weighted by Crippen LogP contribution is 2.13. The van der Waals surface area contributed by atoms with E-state index in [1.54, 1.807) is 0 Å². The maximum absolute atomic E-state index is 3.29. The maximum atomic E-state index is 3.29. The molecule has 0 aromatic heterocycles. The highest BCUT2D eigenvalue weighted by atomic mass is 15.1. The third-order valence-electron chi connectivity index (χ3n) is 2.31. The quantitative estimate of drug-likeness (QED) is 0.663. The lowest BCUT2D eigenvalue weighted by atomic mass is 10.2. The molecule has 77 valence electrons. The summed E-state index contributed by atoms with van der Waals surface area (Å²) in [5, 5.41) is 0. The molecule has 0 aliphatic rings. The van der Waals surface area contributed by atoms with Crippen LogP contribution in [0.3, 0.4) is 0 Å². The van der Waals surface area contributed by atoms with Crippen LogP contribution >= 0.6 is 0 Å². The van der Waals surface area contributed by atoms with Crippen LogP contribution in [0.2, 0.25) is 0 Å². The van der Waals surface area contributed by atoms with E-state index >= 15 is 0 Å². The van der Waals surface area contributed by atoms with Crippen molar-refractivity contribution < 1.29 is 0 Å². The number of benzene rings is 1. The third-order valence-corrected chi connectivity index (χ3v) is 2.31. The van der Waals surface area contributed by atoms with Gasteiger partial charge in [-0.1, -0.05) is 38.5 Å². The molecule has 1 heteroatoms. The van der Waals surface area contributed by atoms with Gasteiger partial charge in [-0.15, -0.1) is 0 Å². The SMILES string of the molecule is CCCCN(CCC)c1[c]cccc1. The molecular weight excluding hydrogens is 170 g/mol. The molecule has 0 bridgehead atoms. The molecule has 0 aliphatic heterocycles. The summed E-state index contributed by atoms with van der Waals surface area (Å²) >= 11 is 0. The van der Waals surface area contributed by atoms with Crippen LogP contribution in [0.25, 0.3) is 0 Å². The molecule has 0 saturated carbocycles. The summed E-state index contributed by atoms with van der Waals surface area (Å²) in [6.07, 6.45) is 3.72. The smallest absolute Gasteiger partial charge is 0.0446 e. The van der Waals surface area contributed by atoms with Crippen LogP contribution < -0.4 is 4.90 Å². The molecule has 1 aromatic carbocycles. The molecule has 0 aliphatic carbocycles. The van der Waals surface area contributed by atoms with Crippen LogP contribution in [0.4, 0.5) is 5.69 Å². The van der Waals surface area contributed by atoms with E-state index in [-0.39, 0.29) is 0 Å². The largest absolute Gasteiger partial charge is 0.371 e. The zero-order valence-corrected chi connectivity index (χ0v) is 9.29. The topological polar surface area (TPSA) is 3.24 Å². The number of nitrogens with zero attached hydrogens (tertiary/aromatic N) is 1. The van der Waals surface area contributed by atoms with Crippen molar-refractivity contribution in [2.75, 3.05) is 18.0 Å². The van der Waals surface area contributed by atoms with Crippen LogP contribution in [0.15, 0.2) is 24.3 Å². The first-order chi connectivity index (χ1) is 6.88. The van der Waals surface area contributed by atoms with Crippen molar-refractivity contribution in [3.8, 4) is 0 Å². The number of unbranched alkanes of at least 4 members (excludes halogenated alkanes) is 1. The molecule has 1 rings (SSSR count). The Bertz CT molecular complexity index is 230. The number of hydrogen-bond acceptors (Lipinski definition) is 1. The van der Waals surface area contributed by atoms with Gasteiger partial charge in [0.05, 0.1) is 0 Å². The average Bonchev–Trinajstić information content (AvgIpc) is 2.25. The Morgan fingerprint density at radius 3 is 2.57 bits per heavy atom. The zero-order valence-electron chi connectivity index (χ0n) is 9.29. The molecule has 0 amide bonds. The normalized spacial score (nSPS) is 10.1. The molecule has 0 spiro atoms. The Hall–Kier alpha value is -0.980. The lowest BCUT2D eigenvalue weighted by Crippen LogP contribution is -2.25. The van der Waals surface area contributed by atoms with E-state index in [9.17, 15) is 0 Å². The van der Waals surface area contributed by atoms with Crippen LogP contribution in [0.1, 0.15) is 33.1 Å². The maximum Gasteiger partial charge on any atom is 0.0446 e. The first kappa shape index (κ1) is 11.1. The minimum Gasteiger partial charge on any atom is -0.371 e. The Morgan fingerprint density at radius 2 is 2.00 bits per heavy atom. The summed E-state index contributed by atoms with van der Waals surface area (Å²) in [6.45, 7) is 6.76. The number of anilines is 1. The van der Waals surface area contributed by atoms with Gasteiger partial charge in [-0.25, -0.2) is 0 Å². The standard InChI is InChI=1S/C13H20N/c1-3-5-12-14(11-4-2)13-9-7-6-8-10-13/h6-9H,3-5,11-12H2,1-2H3. The summed E-state index contributed by atoms with van der Waals surface area (Å²) < 4.78 is 0. The molecule has 0 fully saturated rings. The highest BCUT2D eigenvalue weighted by molar-refractivity contribution is 5.44. The summed E-state index contributed by atoms with van der Waals surface area (Å²) in [5.41, 5.74) is 1.24. The summed E-state index contributed by atoms with van der Waals surface area (Å²) in [6, 6.07) is 11.5. The van der Waals surface area contributed by atoms with Gasteiger partial charge in [0.1, 0.15) is 0 Å². The van der Waals surface area contributed by atoms with Crippen LogP contribution in [-0.4, -0.2) is 13.1 Å². The monoisotopic (exact) mass is 190 g/mol. The predicted octanol–water partition coefficient (Wildman–Crippen LogP) is 3.50. The van der Waals surface area contributed by atoms with E-state index in [4.69, 9.17) is 0 Å². The fourth-order valence-electron chi connectivity index (χ4n) is 1.55. The lowest BCUT2D eigenvalue weighted by Gasteiger charge is -2.23. The first-order valence-corrected chi connectivity index (χ1v) is 5.60. The van der Waals surface area contributed by atoms with Crippen molar-refractivity contribution in [2.24, 2.45) is 0 Å². The van der Waals surface area contributed by atoms with Gasteiger partial charge in [0.2, 0.25) is 0 Å². The fraction of sp³-hybridized carbons (Fsp3) is 0.538. The number of hydrogen-bond donors (Lipinski definition) is 0. The first-order valence-electron chi connectivity index (χ1n) is 5.60. The van der Waals surface area contributed by atoms with Gasteiger partial charge in [0.25, 0.3) is 0 Å². The van der Waals surface area contributed by atoms with Crippen molar-refractivity contribution in [3.63, 3.8) is 0 Å². The van der Waals surface area contributed by atoms with Gasteiger partial charge in [-0.3, -0.25) is 0 Å². The number of rotatable bonds is 6. The van der Waals surface area contributed by atoms with E-state index in [0.29, 0.717) is 0 Å². The molecule has 1 nitrogen and oxygen atoms in total. The minimum atomic E-state index is 1.14. The van der Waals surface area contributed by atoms with E-state index in [2.05, 4.69) is 36.9 Å². The molecule has 0 N–H and O–H groups in total. The van der Waals surface area contributed by atoms with Crippen molar-refractivity contribution in [1.29, 1.82) is 0 Å². The van der Waals surface area contributed by atoms with E-state index in [1.807, 2.05) is 12.1 Å². The van der Waals surface area contributed by atoms with Crippen molar-refractivity contribution >= 4 is 5.69 Å². The highest BCUT2D eigenvalue weighted by Gasteiger charge is 2.03. The molecule has 14 heavy (non-hydrogen) atoms. The molecule has 0 atom stereocenters. The molecule has 0 saturated heterocycles. The molecule has 1 aromatic rings. The Labute approximate surface area is 87.7 Å². The summed E-state index contributed by atoms with van der Waals surface area (Å²) in [7, 11) is 0. The van der Waals surface area contributed by atoms with Crippen molar-refractivity contribution in [1.82, 2.24) is 0 Å². The van der Waals surface area contributed by atoms with E-state index in [0.717, 1.165) is 13.1 Å². The van der Waals surface area contributed by atoms with Crippen molar-refractivity contribution in [3.05, 3.63) is 30.3 Å². The Kier molecular flexibility index (Phi) is 5.13. The second kappa shape index (κ2) is 6.47. The molecule has 0 unspecified atom stereocenters. The minimum absolute atomic E-state index is 1.14. The summed E-state index contributed by atoms with van der Waals surface area (Å²) in [5.74, 6) is 0. The van der Waals surface area contributed by atoms with Gasteiger partial charge in [-0.2, -0.15) is 0 Å². The zero-order chi connectivity index (χ0) is 10.2. The van der Waals surface area contributed by atoms with Crippen LogP contribution in [-0.2, 0) is 0 Å².